The van der Waals surface area contributed by atoms with E-state index in [1.807, 2.05) is 37.3 Å². The summed E-state index contributed by atoms with van der Waals surface area (Å²) in [7, 11) is 0. The first-order chi connectivity index (χ1) is 9.20. The average Bonchev–Trinajstić information content (AvgIpc) is 2.83. The van der Waals surface area contributed by atoms with Gasteiger partial charge in [-0.15, -0.1) is 6.58 Å². The first kappa shape index (κ1) is 13.4. The van der Waals surface area contributed by atoms with E-state index in [9.17, 15) is 4.79 Å². The van der Waals surface area contributed by atoms with E-state index in [-0.39, 0.29) is 5.91 Å². The zero-order valence-corrected chi connectivity index (χ0v) is 11.6. The van der Waals surface area contributed by atoms with Crippen molar-refractivity contribution in [1.29, 1.82) is 0 Å². The van der Waals surface area contributed by atoms with Gasteiger partial charge in [0.25, 0.3) is 0 Å². The molecule has 0 unspecified atom stereocenters. The lowest BCUT2D eigenvalue weighted by Gasteiger charge is -2.17. The van der Waals surface area contributed by atoms with Crippen LogP contribution in [-0.4, -0.2) is 21.8 Å². The van der Waals surface area contributed by atoms with Crippen LogP contribution >= 0.6 is 11.5 Å². The van der Waals surface area contributed by atoms with E-state index < -0.39 is 0 Å². The molecule has 1 heterocycles. The predicted octanol–water partition coefficient (Wildman–Crippen LogP) is 2.61. The second kappa shape index (κ2) is 6.24. The zero-order valence-electron chi connectivity index (χ0n) is 10.7. The van der Waals surface area contributed by atoms with Gasteiger partial charge in [-0.25, -0.2) is 4.98 Å². The Hall–Kier alpha value is -2.01. The van der Waals surface area contributed by atoms with Crippen LogP contribution in [-0.2, 0) is 11.2 Å². The topological polar surface area (TPSA) is 46.1 Å². The van der Waals surface area contributed by atoms with Crippen molar-refractivity contribution in [2.24, 2.45) is 0 Å². The van der Waals surface area contributed by atoms with Gasteiger partial charge in [-0.3, -0.25) is 9.69 Å². The lowest BCUT2D eigenvalue weighted by molar-refractivity contribution is -0.117. The maximum absolute atomic E-state index is 12.3. The molecule has 0 radical (unpaired) electrons. The lowest BCUT2D eigenvalue weighted by atomic mass is 10.1. The fourth-order valence-corrected chi connectivity index (χ4v) is 2.38. The Morgan fingerprint density at radius 1 is 1.42 bits per heavy atom. The molecule has 2 aromatic rings. The van der Waals surface area contributed by atoms with Crippen LogP contribution < -0.4 is 4.90 Å². The summed E-state index contributed by atoms with van der Waals surface area (Å²) < 4.78 is 4.11. The first-order valence-electron chi connectivity index (χ1n) is 5.96. The Balaban J connectivity index is 2.15. The largest absolute Gasteiger partial charge is 0.283 e. The number of aryl methyl sites for hydroxylation is 1. The maximum atomic E-state index is 12.3. The number of rotatable bonds is 5. The Morgan fingerprint density at radius 3 is 2.74 bits per heavy atom. The SMILES string of the molecule is C=CCN(C(=O)Cc1ccccc1)c1nc(C)ns1. The van der Waals surface area contributed by atoms with Crippen LogP contribution in [0.15, 0.2) is 43.0 Å². The fraction of sp³-hybridized carbons (Fsp3) is 0.214. The minimum atomic E-state index is 0.00208. The number of carbonyl (C=O) groups excluding carboxylic acids is 1. The Labute approximate surface area is 116 Å². The van der Waals surface area contributed by atoms with Gasteiger partial charge in [-0.1, -0.05) is 36.4 Å². The van der Waals surface area contributed by atoms with Crippen molar-refractivity contribution in [3.05, 3.63) is 54.4 Å². The van der Waals surface area contributed by atoms with E-state index >= 15 is 0 Å². The summed E-state index contributed by atoms with van der Waals surface area (Å²) in [6.07, 6.45) is 2.05. The summed E-state index contributed by atoms with van der Waals surface area (Å²) in [6, 6.07) is 9.67. The van der Waals surface area contributed by atoms with Crippen LogP contribution in [0, 0.1) is 6.92 Å². The first-order valence-corrected chi connectivity index (χ1v) is 6.73. The second-order valence-electron chi connectivity index (χ2n) is 4.08. The number of nitrogens with zero attached hydrogens (tertiary/aromatic N) is 3. The number of carbonyl (C=O) groups is 1. The van der Waals surface area contributed by atoms with E-state index in [0.717, 1.165) is 5.56 Å². The van der Waals surface area contributed by atoms with Crippen molar-refractivity contribution < 1.29 is 4.79 Å². The van der Waals surface area contributed by atoms with E-state index in [1.165, 1.54) is 11.5 Å². The predicted molar refractivity (Wildman–Crippen MR) is 77.3 cm³/mol. The van der Waals surface area contributed by atoms with Crippen molar-refractivity contribution in [2.45, 2.75) is 13.3 Å². The monoisotopic (exact) mass is 273 g/mol. The molecule has 0 spiro atoms. The Kier molecular flexibility index (Phi) is 4.41. The van der Waals surface area contributed by atoms with Crippen LogP contribution in [0.4, 0.5) is 5.13 Å². The molecular formula is C14H15N3OS. The third-order valence-corrected chi connectivity index (χ3v) is 3.39. The summed E-state index contributed by atoms with van der Waals surface area (Å²) in [5, 5.41) is 0.623. The quantitative estimate of drug-likeness (QED) is 0.787. The Morgan fingerprint density at radius 2 is 2.16 bits per heavy atom. The third-order valence-electron chi connectivity index (χ3n) is 2.56. The maximum Gasteiger partial charge on any atom is 0.233 e. The molecule has 98 valence electrons. The molecule has 19 heavy (non-hydrogen) atoms. The summed E-state index contributed by atoms with van der Waals surface area (Å²) in [5.74, 6) is 0.684. The molecule has 5 heteroatoms. The smallest absolute Gasteiger partial charge is 0.233 e. The van der Waals surface area contributed by atoms with Gasteiger partial charge in [-0.2, -0.15) is 4.37 Å². The van der Waals surface area contributed by atoms with Crippen LogP contribution in [0.25, 0.3) is 0 Å². The zero-order chi connectivity index (χ0) is 13.7. The molecule has 1 aromatic heterocycles. The molecule has 0 aliphatic heterocycles. The molecule has 1 aromatic carbocycles. The van der Waals surface area contributed by atoms with E-state index in [0.29, 0.717) is 23.9 Å². The molecule has 2 rings (SSSR count). The highest BCUT2D eigenvalue weighted by Gasteiger charge is 2.18. The van der Waals surface area contributed by atoms with Crippen molar-refractivity contribution in [2.75, 3.05) is 11.4 Å². The van der Waals surface area contributed by atoms with Gasteiger partial charge < -0.3 is 0 Å². The van der Waals surface area contributed by atoms with Crippen LogP contribution in [0.1, 0.15) is 11.4 Å². The van der Waals surface area contributed by atoms with E-state index in [1.54, 1.807) is 11.0 Å². The summed E-state index contributed by atoms with van der Waals surface area (Å²) in [5.41, 5.74) is 0.989. The highest BCUT2D eigenvalue weighted by molar-refractivity contribution is 7.09. The molecule has 1 amide bonds. The molecule has 4 nitrogen and oxygen atoms in total. The van der Waals surface area contributed by atoms with Gasteiger partial charge in [-0.05, 0) is 12.5 Å². The van der Waals surface area contributed by atoms with Crippen molar-refractivity contribution >= 4 is 22.6 Å². The summed E-state index contributed by atoms with van der Waals surface area (Å²) in [6.45, 7) is 5.94. The minimum Gasteiger partial charge on any atom is -0.283 e. The number of hydrogen-bond acceptors (Lipinski definition) is 4. The average molecular weight is 273 g/mol. The normalized spacial score (nSPS) is 10.2. The third kappa shape index (κ3) is 3.48. The van der Waals surface area contributed by atoms with Gasteiger partial charge in [0.15, 0.2) is 0 Å². The number of aromatic nitrogens is 2. The van der Waals surface area contributed by atoms with Crippen LogP contribution in [0.5, 0.6) is 0 Å². The summed E-state index contributed by atoms with van der Waals surface area (Å²) in [4.78, 5) is 18.2. The van der Waals surface area contributed by atoms with Gasteiger partial charge in [0.2, 0.25) is 11.0 Å². The summed E-state index contributed by atoms with van der Waals surface area (Å²) >= 11 is 1.23. The van der Waals surface area contributed by atoms with E-state index in [2.05, 4.69) is 15.9 Å². The number of benzene rings is 1. The van der Waals surface area contributed by atoms with Crippen LogP contribution in [0.3, 0.4) is 0 Å². The van der Waals surface area contributed by atoms with Gasteiger partial charge >= 0.3 is 0 Å². The van der Waals surface area contributed by atoms with Crippen molar-refractivity contribution in [3.8, 4) is 0 Å². The molecule has 0 N–H and O–H groups in total. The number of hydrogen-bond donors (Lipinski definition) is 0. The van der Waals surface area contributed by atoms with Gasteiger partial charge in [0, 0.05) is 18.1 Å². The molecule has 0 saturated carbocycles. The highest BCUT2D eigenvalue weighted by Crippen LogP contribution is 2.18. The molecule has 0 atom stereocenters. The molecule has 0 fully saturated rings. The van der Waals surface area contributed by atoms with Crippen molar-refractivity contribution in [1.82, 2.24) is 9.36 Å². The number of anilines is 1. The second-order valence-corrected chi connectivity index (χ2v) is 4.81. The lowest BCUT2D eigenvalue weighted by Crippen LogP contribution is -2.32. The number of amides is 1. The Bertz CT molecular complexity index is 565. The molecule has 0 bridgehead atoms. The molecule has 0 aliphatic rings. The van der Waals surface area contributed by atoms with Crippen LogP contribution in [0.2, 0.25) is 0 Å². The van der Waals surface area contributed by atoms with Gasteiger partial charge in [0.05, 0.1) is 6.42 Å². The van der Waals surface area contributed by atoms with Crippen molar-refractivity contribution in [3.63, 3.8) is 0 Å². The minimum absolute atomic E-state index is 0.00208. The van der Waals surface area contributed by atoms with E-state index in [4.69, 9.17) is 0 Å². The fourth-order valence-electron chi connectivity index (χ4n) is 1.68. The highest BCUT2D eigenvalue weighted by atomic mass is 32.1. The van der Waals surface area contributed by atoms with Gasteiger partial charge in [0.1, 0.15) is 5.82 Å². The molecule has 0 saturated heterocycles. The molecular weight excluding hydrogens is 258 g/mol. The standard InChI is InChI=1S/C14H15N3OS/c1-3-9-17(14-15-11(2)16-19-14)13(18)10-12-7-5-4-6-8-12/h3-8H,1,9-10H2,2H3. The molecule has 0 aliphatic carbocycles.